The lowest BCUT2D eigenvalue weighted by molar-refractivity contribution is 0.102. The number of hydrogen-bond donors (Lipinski definition) is 2. The van der Waals surface area contributed by atoms with Gasteiger partial charge in [-0.05, 0) is 48.9 Å². The van der Waals surface area contributed by atoms with E-state index in [4.69, 9.17) is 21.1 Å². The number of methoxy groups -OCH3 is 2. The molecule has 0 atom stereocenters. The molecule has 8 heteroatoms. The molecule has 0 bridgehead atoms. The van der Waals surface area contributed by atoms with Gasteiger partial charge in [-0.25, -0.2) is 0 Å². The lowest BCUT2D eigenvalue weighted by atomic mass is 10.2. The summed E-state index contributed by atoms with van der Waals surface area (Å²) in [6.07, 6.45) is 0. The number of carbonyl (C=O) groups excluding carboxylic acids is 1. The van der Waals surface area contributed by atoms with Crippen LogP contribution >= 0.6 is 11.6 Å². The van der Waals surface area contributed by atoms with Crippen LogP contribution in [-0.2, 0) is 0 Å². The Kier molecular flexibility index (Phi) is 5.96. The lowest BCUT2D eigenvalue weighted by Gasteiger charge is -2.11. The van der Waals surface area contributed by atoms with Gasteiger partial charge in [0, 0.05) is 22.5 Å². The van der Waals surface area contributed by atoms with Gasteiger partial charge in [0.2, 0.25) is 0 Å². The van der Waals surface area contributed by atoms with Crippen molar-refractivity contribution in [2.75, 3.05) is 24.9 Å². The third-order valence-electron chi connectivity index (χ3n) is 4.00. The number of hydrogen-bond acceptors (Lipinski definition) is 6. The number of amides is 1. The first-order valence-electron chi connectivity index (χ1n) is 8.40. The van der Waals surface area contributed by atoms with Crippen LogP contribution in [0.1, 0.15) is 16.1 Å². The molecule has 3 rings (SSSR count). The molecule has 1 aromatic heterocycles. The Morgan fingerprint density at radius 2 is 1.75 bits per heavy atom. The van der Waals surface area contributed by atoms with E-state index in [1.807, 2.05) is 19.1 Å². The summed E-state index contributed by atoms with van der Waals surface area (Å²) >= 11 is 6.02. The van der Waals surface area contributed by atoms with Gasteiger partial charge in [-0.3, -0.25) is 4.79 Å². The molecule has 7 nitrogen and oxygen atoms in total. The van der Waals surface area contributed by atoms with Gasteiger partial charge >= 0.3 is 0 Å². The standard InChI is InChI=1S/C20H19ClN4O3/c1-12-4-5-13(21)10-16(12)23-19-9-7-15(24-25-19)20(26)22-14-6-8-17(27-2)18(11-14)28-3/h4-11H,1-3H3,(H,22,26)(H,23,25). The van der Waals surface area contributed by atoms with Crippen LogP contribution in [0.2, 0.25) is 5.02 Å². The smallest absolute Gasteiger partial charge is 0.276 e. The Balaban J connectivity index is 1.71. The van der Waals surface area contributed by atoms with Crippen LogP contribution in [0.3, 0.4) is 0 Å². The molecule has 1 heterocycles. The minimum atomic E-state index is -0.384. The largest absolute Gasteiger partial charge is 0.493 e. The summed E-state index contributed by atoms with van der Waals surface area (Å²) in [4.78, 5) is 12.4. The highest BCUT2D eigenvalue weighted by Crippen LogP contribution is 2.30. The molecule has 3 aromatic rings. The van der Waals surface area contributed by atoms with E-state index in [-0.39, 0.29) is 11.6 Å². The number of aromatic nitrogens is 2. The lowest BCUT2D eigenvalue weighted by Crippen LogP contribution is -2.14. The van der Waals surface area contributed by atoms with Gasteiger partial charge in [0.25, 0.3) is 5.91 Å². The van der Waals surface area contributed by atoms with E-state index in [0.29, 0.717) is 28.0 Å². The van der Waals surface area contributed by atoms with Gasteiger partial charge in [-0.15, -0.1) is 10.2 Å². The highest BCUT2D eigenvalue weighted by atomic mass is 35.5. The van der Waals surface area contributed by atoms with Crippen molar-refractivity contribution in [3.63, 3.8) is 0 Å². The summed E-state index contributed by atoms with van der Waals surface area (Å²) in [5.41, 5.74) is 2.58. The van der Waals surface area contributed by atoms with Crippen molar-refractivity contribution in [2.24, 2.45) is 0 Å². The zero-order valence-electron chi connectivity index (χ0n) is 15.6. The summed E-state index contributed by atoms with van der Waals surface area (Å²) in [5, 5.41) is 14.6. The first-order chi connectivity index (χ1) is 13.5. The molecule has 0 radical (unpaired) electrons. The SMILES string of the molecule is COc1ccc(NC(=O)c2ccc(Nc3cc(Cl)ccc3C)nn2)cc1OC. The molecular formula is C20H19ClN4O3. The second-order valence-electron chi connectivity index (χ2n) is 5.91. The Morgan fingerprint density at radius 3 is 2.43 bits per heavy atom. The maximum absolute atomic E-state index is 12.4. The Hall–Kier alpha value is -3.32. The minimum Gasteiger partial charge on any atom is -0.493 e. The zero-order valence-corrected chi connectivity index (χ0v) is 16.4. The number of benzene rings is 2. The Bertz CT molecular complexity index is 993. The quantitative estimate of drug-likeness (QED) is 0.638. The molecule has 2 aromatic carbocycles. The predicted octanol–water partition coefficient (Wildman–Crippen LogP) is 4.45. The highest BCUT2D eigenvalue weighted by molar-refractivity contribution is 6.30. The van der Waals surface area contributed by atoms with E-state index in [1.165, 1.54) is 7.11 Å². The molecule has 28 heavy (non-hydrogen) atoms. The third kappa shape index (κ3) is 4.50. The summed E-state index contributed by atoms with van der Waals surface area (Å²) in [7, 11) is 3.08. The van der Waals surface area contributed by atoms with Crippen molar-refractivity contribution in [3.8, 4) is 11.5 Å². The Labute approximate surface area is 167 Å². The monoisotopic (exact) mass is 398 g/mol. The molecular weight excluding hydrogens is 380 g/mol. The van der Waals surface area contributed by atoms with Gasteiger partial charge in [0.05, 0.1) is 14.2 Å². The Morgan fingerprint density at radius 1 is 0.964 bits per heavy atom. The molecule has 0 aliphatic heterocycles. The van der Waals surface area contributed by atoms with Crippen LogP contribution in [0, 0.1) is 6.92 Å². The van der Waals surface area contributed by atoms with E-state index in [0.717, 1.165) is 11.3 Å². The summed E-state index contributed by atoms with van der Waals surface area (Å²) in [5.74, 6) is 1.22. The van der Waals surface area contributed by atoms with E-state index in [1.54, 1.807) is 43.5 Å². The van der Waals surface area contributed by atoms with Gasteiger partial charge in [-0.2, -0.15) is 0 Å². The third-order valence-corrected chi connectivity index (χ3v) is 4.24. The van der Waals surface area contributed by atoms with Crippen molar-refractivity contribution >= 4 is 34.7 Å². The fraction of sp³-hybridized carbons (Fsp3) is 0.150. The molecule has 0 saturated carbocycles. The average molecular weight is 399 g/mol. The normalized spacial score (nSPS) is 10.3. The van der Waals surface area contributed by atoms with Gasteiger partial charge in [0.1, 0.15) is 0 Å². The fourth-order valence-electron chi connectivity index (χ4n) is 2.50. The van der Waals surface area contributed by atoms with Gasteiger partial charge in [0.15, 0.2) is 23.0 Å². The van der Waals surface area contributed by atoms with E-state index >= 15 is 0 Å². The van der Waals surface area contributed by atoms with Crippen LogP contribution in [0.4, 0.5) is 17.2 Å². The maximum atomic E-state index is 12.4. The number of carbonyl (C=O) groups is 1. The van der Waals surface area contributed by atoms with Crippen LogP contribution in [0.5, 0.6) is 11.5 Å². The number of ether oxygens (including phenoxy) is 2. The number of nitrogens with zero attached hydrogens (tertiary/aromatic N) is 2. The molecule has 2 N–H and O–H groups in total. The van der Waals surface area contributed by atoms with E-state index in [9.17, 15) is 4.79 Å². The fourth-order valence-corrected chi connectivity index (χ4v) is 2.67. The average Bonchev–Trinajstić information content (AvgIpc) is 2.71. The molecule has 0 unspecified atom stereocenters. The first-order valence-corrected chi connectivity index (χ1v) is 8.78. The van der Waals surface area contributed by atoms with Crippen molar-refractivity contribution < 1.29 is 14.3 Å². The number of rotatable bonds is 6. The molecule has 0 spiro atoms. The number of anilines is 3. The van der Waals surface area contributed by atoms with Crippen molar-refractivity contribution in [1.29, 1.82) is 0 Å². The molecule has 0 aliphatic rings. The molecule has 0 saturated heterocycles. The van der Waals surface area contributed by atoms with Crippen molar-refractivity contribution in [2.45, 2.75) is 6.92 Å². The van der Waals surface area contributed by atoms with Crippen molar-refractivity contribution in [1.82, 2.24) is 10.2 Å². The first kappa shape index (κ1) is 19.4. The summed E-state index contributed by atoms with van der Waals surface area (Å²) in [6.45, 7) is 1.96. The predicted molar refractivity (Wildman–Crippen MR) is 109 cm³/mol. The van der Waals surface area contributed by atoms with E-state index < -0.39 is 0 Å². The summed E-state index contributed by atoms with van der Waals surface area (Å²) < 4.78 is 10.4. The van der Waals surface area contributed by atoms with Crippen LogP contribution in [0.15, 0.2) is 48.5 Å². The molecule has 0 fully saturated rings. The van der Waals surface area contributed by atoms with Crippen LogP contribution in [0.25, 0.3) is 0 Å². The van der Waals surface area contributed by atoms with Crippen LogP contribution < -0.4 is 20.1 Å². The topological polar surface area (TPSA) is 85.4 Å². The zero-order chi connectivity index (χ0) is 20.1. The van der Waals surface area contributed by atoms with Crippen LogP contribution in [-0.4, -0.2) is 30.3 Å². The maximum Gasteiger partial charge on any atom is 0.276 e. The van der Waals surface area contributed by atoms with Gasteiger partial charge < -0.3 is 20.1 Å². The number of halogens is 1. The highest BCUT2D eigenvalue weighted by Gasteiger charge is 2.11. The number of aryl methyl sites for hydroxylation is 1. The van der Waals surface area contributed by atoms with Gasteiger partial charge in [-0.1, -0.05) is 17.7 Å². The summed E-state index contributed by atoms with van der Waals surface area (Å²) in [6, 6.07) is 13.9. The van der Waals surface area contributed by atoms with E-state index in [2.05, 4.69) is 20.8 Å². The minimum absolute atomic E-state index is 0.183. The van der Waals surface area contributed by atoms with Crippen molar-refractivity contribution in [3.05, 3.63) is 64.8 Å². The molecule has 144 valence electrons. The number of nitrogens with one attached hydrogen (secondary N) is 2. The molecule has 1 amide bonds. The second-order valence-corrected chi connectivity index (χ2v) is 6.35. The molecule has 0 aliphatic carbocycles. The second kappa shape index (κ2) is 8.58.